The number of benzene rings is 2. The Balaban J connectivity index is 1.77. The second-order valence-corrected chi connectivity index (χ2v) is 6.06. The number of para-hydroxylation sites is 1. The molecule has 0 aromatic heterocycles. The van der Waals surface area contributed by atoms with Gasteiger partial charge < -0.3 is 5.32 Å². The van der Waals surface area contributed by atoms with Crippen molar-refractivity contribution in [3.63, 3.8) is 0 Å². The van der Waals surface area contributed by atoms with E-state index in [1.165, 1.54) is 11.6 Å². The number of hydrogen-bond donors (Lipinski definition) is 1. The Morgan fingerprint density at radius 1 is 1.17 bits per heavy atom. The molecule has 5 heteroatoms. The third-order valence-corrected chi connectivity index (χ3v) is 4.49. The topological polar surface area (TPSA) is 72.2 Å². The van der Waals surface area contributed by atoms with E-state index in [0.717, 1.165) is 12.8 Å². The molecular formula is C18H18N2O3. The van der Waals surface area contributed by atoms with Gasteiger partial charge in [-0.05, 0) is 31.4 Å². The second kappa shape index (κ2) is 5.83. The summed E-state index contributed by atoms with van der Waals surface area (Å²) < 4.78 is 0. The van der Waals surface area contributed by atoms with Crippen molar-refractivity contribution in [3.8, 4) is 0 Å². The molecule has 0 bridgehead atoms. The standard InChI is InChI=1S/C18H18N2O3/c1-13-6-5-9-15(16(13)20(22)23)17(21)19-12-18(10-11-18)14-7-3-2-4-8-14/h2-9H,10-12H2,1H3,(H,19,21). The Labute approximate surface area is 134 Å². The fourth-order valence-electron chi connectivity index (χ4n) is 2.94. The molecule has 0 heterocycles. The molecule has 0 saturated heterocycles. The maximum Gasteiger partial charge on any atom is 0.285 e. The van der Waals surface area contributed by atoms with E-state index in [2.05, 4.69) is 17.4 Å². The zero-order valence-electron chi connectivity index (χ0n) is 12.9. The van der Waals surface area contributed by atoms with Crippen LogP contribution in [0, 0.1) is 17.0 Å². The SMILES string of the molecule is Cc1cccc(C(=O)NCC2(c3ccccc3)CC2)c1[N+](=O)[O-]. The number of carbonyl (C=O) groups excluding carboxylic acids is 1. The molecule has 0 radical (unpaired) electrons. The molecule has 23 heavy (non-hydrogen) atoms. The van der Waals surface area contributed by atoms with Gasteiger partial charge in [0.2, 0.25) is 0 Å². The van der Waals surface area contributed by atoms with E-state index in [4.69, 9.17) is 0 Å². The van der Waals surface area contributed by atoms with Crippen LogP contribution < -0.4 is 5.32 Å². The minimum absolute atomic E-state index is 0.0183. The summed E-state index contributed by atoms with van der Waals surface area (Å²) in [5, 5.41) is 14.1. The predicted octanol–water partition coefficient (Wildman–Crippen LogP) is 3.36. The highest BCUT2D eigenvalue weighted by Crippen LogP contribution is 2.47. The van der Waals surface area contributed by atoms with Crippen LogP contribution in [-0.2, 0) is 5.41 Å². The van der Waals surface area contributed by atoms with E-state index in [1.54, 1.807) is 19.1 Å². The summed E-state index contributed by atoms with van der Waals surface area (Å²) in [7, 11) is 0. The molecule has 1 saturated carbocycles. The highest BCUT2D eigenvalue weighted by molar-refractivity contribution is 5.98. The van der Waals surface area contributed by atoms with E-state index >= 15 is 0 Å². The first-order valence-electron chi connectivity index (χ1n) is 7.61. The van der Waals surface area contributed by atoms with Crippen LogP contribution in [0.5, 0.6) is 0 Å². The molecule has 2 aromatic carbocycles. The van der Waals surface area contributed by atoms with E-state index < -0.39 is 4.92 Å². The van der Waals surface area contributed by atoms with Gasteiger partial charge in [-0.1, -0.05) is 42.5 Å². The van der Waals surface area contributed by atoms with Crippen LogP contribution in [0.15, 0.2) is 48.5 Å². The predicted molar refractivity (Wildman–Crippen MR) is 87.5 cm³/mol. The third kappa shape index (κ3) is 2.95. The van der Waals surface area contributed by atoms with Crippen molar-refractivity contribution in [1.29, 1.82) is 0 Å². The monoisotopic (exact) mass is 310 g/mol. The van der Waals surface area contributed by atoms with Crippen LogP contribution in [0.1, 0.15) is 34.3 Å². The lowest BCUT2D eigenvalue weighted by atomic mass is 9.96. The number of hydrogen-bond acceptors (Lipinski definition) is 3. The zero-order chi connectivity index (χ0) is 16.4. The van der Waals surface area contributed by atoms with Crippen LogP contribution in [0.3, 0.4) is 0 Å². The van der Waals surface area contributed by atoms with E-state index in [9.17, 15) is 14.9 Å². The Morgan fingerprint density at radius 3 is 2.48 bits per heavy atom. The summed E-state index contributed by atoms with van der Waals surface area (Å²) in [6.45, 7) is 2.14. The minimum Gasteiger partial charge on any atom is -0.351 e. The van der Waals surface area contributed by atoms with Crippen LogP contribution in [0.25, 0.3) is 0 Å². The lowest BCUT2D eigenvalue weighted by Crippen LogP contribution is -2.32. The molecule has 0 spiro atoms. The largest absolute Gasteiger partial charge is 0.351 e. The number of aryl methyl sites for hydroxylation is 1. The number of nitro benzene ring substituents is 1. The molecule has 2 aromatic rings. The average molecular weight is 310 g/mol. The molecular weight excluding hydrogens is 292 g/mol. The van der Waals surface area contributed by atoms with Gasteiger partial charge in [0.05, 0.1) is 4.92 Å². The Morgan fingerprint density at radius 2 is 1.87 bits per heavy atom. The van der Waals surface area contributed by atoms with Gasteiger partial charge in [-0.25, -0.2) is 0 Å². The minimum atomic E-state index is -0.492. The van der Waals surface area contributed by atoms with Crippen molar-refractivity contribution in [2.24, 2.45) is 0 Å². The number of nitrogens with one attached hydrogen (secondary N) is 1. The van der Waals surface area contributed by atoms with Gasteiger partial charge >= 0.3 is 0 Å². The number of amides is 1. The van der Waals surface area contributed by atoms with Crippen molar-refractivity contribution < 1.29 is 9.72 Å². The molecule has 1 fully saturated rings. The van der Waals surface area contributed by atoms with Crippen LogP contribution in [0.4, 0.5) is 5.69 Å². The van der Waals surface area contributed by atoms with Crippen LogP contribution in [0.2, 0.25) is 0 Å². The van der Waals surface area contributed by atoms with Crippen molar-refractivity contribution in [2.75, 3.05) is 6.54 Å². The third-order valence-electron chi connectivity index (χ3n) is 4.49. The number of carbonyl (C=O) groups is 1. The van der Waals surface area contributed by atoms with Gasteiger partial charge in [-0.15, -0.1) is 0 Å². The molecule has 5 nitrogen and oxygen atoms in total. The first kappa shape index (κ1) is 15.2. The molecule has 0 aliphatic heterocycles. The summed E-state index contributed by atoms with van der Waals surface area (Å²) in [6, 6.07) is 14.9. The molecule has 118 valence electrons. The summed E-state index contributed by atoms with van der Waals surface area (Å²) >= 11 is 0. The molecule has 0 atom stereocenters. The second-order valence-electron chi connectivity index (χ2n) is 6.06. The molecule has 0 unspecified atom stereocenters. The quantitative estimate of drug-likeness (QED) is 0.680. The highest BCUT2D eigenvalue weighted by Gasteiger charge is 2.44. The Kier molecular flexibility index (Phi) is 3.86. The number of nitro groups is 1. The first-order chi connectivity index (χ1) is 11.0. The molecule has 1 aliphatic rings. The Hall–Kier alpha value is -2.69. The molecule has 1 aliphatic carbocycles. The maximum atomic E-state index is 12.4. The molecule has 3 rings (SSSR count). The summed E-state index contributed by atoms with van der Waals surface area (Å²) in [6.07, 6.45) is 2.04. The van der Waals surface area contributed by atoms with E-state index in [-0.39, 0.29) is 22.6 Å². The van der Waals surface area contributed by atoms with Crippen LogP contribution in [-0.4, -0.2) is 17.4 Å². The summed E-state index contributed by atoms with van der Waals surface area (Å²) in [4.78, 5) is 23.1. The highest BCUT2D eigenvalue weighted by atomic mass is 16.6. The van der Waals surface area contributed by atoms with Gasteiger partial charge in [0.25, 0.3) is 11.6 Å². The number of rotatable bonds is 5. The van der Waals surface area contributed by atoms with Gasteiger partial charge in [-0.2, -0.15) is 0 Å². The fourth-order valence-corrected chi connectivity index (χ4v) is 2.94. The lowest BCUT2D eigenvalue weighted by molar-refractivity contribution is -0.385. The maximum absolute atomic E-state index is 12.4. The first-order valence-corrected chi connectivity index (χ1v) is 7.61. The fraction of sp³-hybridized carbons (Fsp3) is 0.278. The van der Waals surface area contributed by atoms with Gasteiger partial charge in [0.15, 0.2) is 0 Å². The zero-order valence-corrected chi connectivity index (χ0v) is 12.9. The Bertz CT molecular complexity index is 752. The van der Waals surface area contributed by atoms with Crippen molar-refractivity contribution >= 4 is 11.6 Å². The van der Waals surface area contributed by atoms with Crippen molar-refractivity contribution in [3.05, 3.63) is 75.3 Å². The normalized spacial score (nSPS) is 15.0. The van der Waals surface area contributed by atoms with E-state index in [1.807, 2.05) is 18.2 Å². The summed E-state index contributed by atoms with van der Waals surface area (Å²) in [5.41, 5.74) is 1.69. The van der Waals surface area contributed by atoms with Crippen molar-refractivity contribution in [1.82, 2.24) is 5.32 Å². The van der Waals surface area contributed by atoms with E-state index in [0.29, 0.717) is 12.1 Å². The molecule has 1 amide bonds. The molecule has 1 N–H and O–H groups in total. The number of nitrogens with zero attached hydrogens (tertiary/aromatic N) is 1. The van der Waals surface area contributed by atoms with Gasteiger partial charge in [-0.3, -0.25) is 14.9 Å². The van der Waals surface area contributed by atoms with Gasteiger partial charge in [0.1, 0.15) is 5.56 Å². The lowest BCUT2D eigenvalue weighted by Gasteiger charge is -2.16. The van der Waals surface area contributed by atoms with Gasteiger partial charge in [0, 0.05) is 17.5 Å². The average Bonchev–Trinajstić information content (AvgIpc) is 3.34. The smallest absolute Gasteiger partial charge is 0.285 e. The van der Waals surface area contributed by atoms with Crippen LogP contribution >= 0.6 is 0 Å². The van der Waals surface area contributed by atoms with Crippen molar-refractivity contribution in [2.45, 2.75) is 25.2 Å². The summed E-state index contributed by atoms with van der Waals surface area (Å²) in [5.74, 6) is -0.386.